The summed E-state index contributed by atoms with van der Waals surface area (Å²) in [5.41, 5.74) is 7.49. The summed E-state index contributed by atoms with van der Waals surface area (Å²) in [6.45, 7) is 0.559. The van der Waals surface area contributed by atoms with Crippen molar-refractivity contribution >= 4 is 22.2 Å². The highest BCUT2D eigenvalue weighted by Crippen LogP contribution is 2.32. The third-order valence-electron chi connectivity index (χ3n) is 6.60. The van der Waals surface area contributed by atoms with Gasteiger partial charge in [-0.05, 0) is 35.9 Å². The number of alkyl halides is 2. The molecule has 9 nitrogen and oxygen atoms in total. The number of aromatic nitrogens is 7. The van der Waals surface area contributed by atoms with Gasteiger partial charge < -0.3 is 9.40 Å². The summed E-state index contributed by atoms with van der Waals surface area (Å²) in [4.78, 5) is 23.4. The number of rotatable bonds is 5. The number of furan rings is 1. The lowest BCUT2D eigenvalue weighted by molar-refractivity contribution is 0.0115. The Morgan fingerprint density at radius 1 is 1.08 bits per heavy atom. The molecule has 0 spiro atoms. The highest BCUT2D eigenvalue weighted by atomic mass is 19.3. The highest BCUT2D eigenvalue weighted by Gasteiger charge is 2.37. The van der Waals surface area contributed by atoms with Gasteiger partial charge in [0.2, 0.25) is 0 Å². The Labute approximate surface area is 208 Å². The zero-order valence-electron chi connectivity index (χ0n) is 19.4. The molecule has 0 unspecified atom stereocenters. The van der Waals surface area contributed by atoms with Gasteiger partial charge in [-0.15, -0.1) is 0 Å². The summed E-state index contributed by atoms with van der Waals surface area (Å²) in [6.07, 6.45) is 8.32. The summed E-state index contributed by atoms with van der Waals surface area (Å²) >= 11 is 0. The van der Waals surface area contributed by atoms with E-state index in [4.69, 9.17) is 9.40 Å². The first-order valence-electron chi connectivity index (χ1n) is 11.8. The van der Waals surface area contributed by atoms with Crippen molar-refractivity contribution in [3.05, 3.63) is 67.0 Å². The van der Waals surface area contributed by atoms with Crippen molar-refractivity contribution in [1.29, 1.82) is 0 Å². The first-order valence-corrected chi connectivity index (χ1v) is 11.8. The van der Waals surface area contributed by atoms with Crippen LogP contribution in [0.3, 0.4) is 0 Å². The zero-order chi connectivity index (χ0) is 25.0. The van der Waals surface area contributed by atoms with Crippen LogP contribution in [0.5, 0.6) is 0 Å². The quantitative estimate of drug-likeness (QED) is 0.342. The van der Waals surface area contributed by atoms with Crippen molar-refractivity contribution in [2.75, 3.05) is 13.1 Å². The van der Waals surface area contributed by atoms with Gasteiger partial charge in [0.05, 0.1) is 35.8 Å². The molecule has 6 aromatic heterocycles. The van der Waals surface area contributed by atoms with Crippen molar-refractivity contribution in [2.24, 2.45) is 0 Å². The summed E-state index contributed by atoms with van der Waals surface area (Å²) in [7, 11) is 0. The monoisotopic (exact) mass is 498 g/mol. The Morgan fingerprint density at radius 2 is 2.03 bits per heavy atom. The minimum Gasteiger partial charge on any atom is -0.472 e. The maximum Gasteiger partial charge on any atom is 0.261 e. The minimum absolute atomic E-state index is 0.109. The van der Waals surface area contributed by atoms with E-state index in [-0.39, 0.29) is 13.0 Å². The normalized spacial score (nSPS) is 15.7. The van der Waals surface area contributed by atoms with Crippen LogP contribution in [0.25, 0.3) is 56.1 Å². The van der Waals surface area contributed by atoms with Crippen LogP contribution in [0.4, 0.5) is 8.78 Å². The van der Waals surface area contributed by atoms with Crippen molar-refractivity contribution in [3.63, 3.8) is 0 Å². The van der Waals surface area contributed by atoms with E-state index in [1.807, 2.05) is 30.3 Å². The number of likely N-dealkylation sites (tertiary alicyclic amines) is 1. The SMILES string of the molecule is FC1(F)CCN(Cc2cncc(-c3ccc4[nH]nc(-c5nc6nccc(-c7ccoc7)c6[nH]5)c4n3)c2)C1. The molecule has 1 fully saturated rings. The van der Waals surface area contributed by atoms with Gasteiger partial charge in [-0.25, -0.2) is 23.7 Å². The van der Waals surface area contributed by atoms with Gasteiger partial charge in [0, 0.05) is 54.8 Å². The van der Waals surface area contributed by atoms with Gasteiger partial charge in [-0.1, -0.05) is 0 Å². The van der Waals surface area contributed by atoms with Crippen LogP contribution < -0.4 is 0 Å². The second kappa shape index (κ2) is 8.27. The molecule has 1 saturated heterocycles. The standard InChI is InChI=1S/C26H20F2N8O/c27-26(28)5-7-36(14-26)12-15-9-17(11-29-10-15)19-1-2-20-22(31-19)23(35-34-20)25-32-21-18(16-4-8-37-13-16)3-6-30-24(21)33-25/h1-4,6,8-11,13H,5,7,12,14H2,(H,34,35)(H,30,32,33). The number of fused-ring (bicyclic) bond motifs is 2. The number of nitrogens with one attached hydrogen (secondary N) is 2. The Kier molecular flexibility index (Phi) is 4.86. The van der Waals surface area contributed by atoms with Crippen LogP contribution in [0.1, 0.15) is 12.0 Å². The predicted molar refractivity (Wildman–Crippen MR) is 133 cm³/mol. The molecule has 184 valence electrons. The zero-order valence-corrected chi connectivity index (χ0v) is 19.4. The molecule has 37 heavy (non-hydrogen) atoms. The molecule has 7 heterocycles. The third kappa shape index (κ3) is 3.93. The minimum atomic E-state index is -2.62. The van der Waals surface area contributed by atoms with Crippen LogP contribution >= 0.6 is 0 Å². The number of hydrogen-bond donors (Lipinski definition) is 2. The van der Waals surface area contributed by atoms with Gasteiger partial charge in [0.1, 0.15) is 5.52 Å². The second-order valence-corrected chi connectivity index (χ2v) is 9.22. The Bertz CT molecular complexity index is 1740. The number of nitrogens with zero attached hydrogens (tertiary/aromatic N) is 6. The fraction of sp³-hybridized carbons (Fsp3) is 0.192. The van der Waals surface area contributed by atoms with Crippen molar-refractivity contribution in [2.45, 2.75) is 18.9 Å². The van der Waals surface area contributed by atoms with Crippen LogP contribution in [-0.4, -0.2) is 59.0 Å². The lowest BCUT2D eigenvalue weighted by Crippen LogP contribution is -2.24. The van der Waals surface area contributed by atoms with E-state index in [0.717, 1.165) is 33.3 Å². The lowest BCUT2D eigenvalue weighted by atomic mass is 10.1. The van der Waals surface area contributed by atoms with E-state index in [1.54, 1.807) is 36.0 Å². The van der Waals surface area contributed by atoms with E-state index in [0.29, 0.717) is 41.5 Å². The molecule has 6 aromatic rings. The average molecular weight is 498 g/mol. The number of pyridine rings is 3. The van der Waals surface area contributed by atoms with Gasteiger partial charge >= 0.3 is 0 Å². The molecule has 1 aliphatic heterocycles. The third-order valence-corrected chi connectivity index (χ3v) is 6.60. The van der Waals surface area contributed by atoms with Gasteiger partial charge in [-0.3, -0.25) is 15.0 Å². The Morgan fingerprint density at radius 3 is 2.86 bits per heavy atom. The van der Waals surface area contributed by atoms with Gasteiger partial charge in [0.25, 0.3) is 5.92 Å². The summed E-state index contributed by atoms with van der Waals surface area (Å²) in [5, 5.41) is 7.48. The molecule has 2 N–H and O–H groups in total. The van der Waals surface area contributed by atoms with E-state index < -0.39 is 5.92 Å². The smallest absolute Gasteiger partial charge is 0.261 e. The highest BCUT2D eigenvalue weighted by molar-refractivity contribution is 5.94. The fourth-order valence-corrected chi connectivity index (χ4v) is 4.82. The summed E-state index contributed by atoms with van der Waals surface area (Å²) < 4.78 is 32.5. The van der Waals surface area contributed by atoms with Crippen molar-refractivity contribution in [3.8, 4) is 33.9 Å². The molecule has 7 rings (SSSR count). The van der Waals surface area contributed by atoms with E-state index in [9.17, 15) is 8.78 Å². The van der Waals surface area contributed by atoms with Crippen molar-refractivity contribution in [1.82, 2.24) is 40.0 Å². The molecule has 0 saturated carbocycles. The molecular formula is C26H20F2N8O. The summed E-state index contributed by atoms with van der Waals surface area (Å²) in [5.74, 6) is -2.09. The average Bonchev–Trinajstić information content (AvgIpc) is 3.69. The number of halogens is 2. The summed E-state index contributed by atoms with van der Waals surface area (Å²) in [6, 6.07) is 9.51. The molecule has 0 aromatic carbocycles. The van der Waals surface area contributed by atoms with Crippen LogP contribution in [0.15, 0.2) is 65.9 Å². The number of H-pyrrole nitrogens is 2. The molecular weight excluding hydrogens is 478 g/mol. The van der Waals surface area contributed by atoms with Crippen LogP contribution in [0.2, 0.25) is 0 Å². The topological polar surface area (TPSA) is 112 Å². The van der Waals surface area contributed by atoms with Crippen LogP contribution in [0, 0.1) is 0 Å². The molecule has 0 amide bonds. The largest absolute Gasteiger partial charge is 0.472 e. The maximum atomic E-state index is 13.6. The molecule has 0 radical (unpaired) electrons. The van der Waals surface area contributed by atoms with Crippen LogP contribution in [-0.2, 0) is 6.54 Å². The molecule has 1 aliphatic rings. The first kappa shape index (κ1) is 21.7. The molecule has 0 atom stereocenters. The Hall–Kier alpha value is -4.51. The van der Waals surface area contributed by atoms with Gasteiger partial charge in [0.15, 0.2) is 17.2 Å². The van der Waals surface area contributed by atoms with E-state index in [1.165, 1.54) is 0 Å². The van der Waals surface area contributed by atoms with Crippen molar-refractivity contribution < 1.29 is 13.2 Å². The fourth-order valence-electron chi connectivity index (χ4n) is 4.82. The number of imidazole rings is 1. The van der Waals surface area contributed by atoms with E-state index >= 15 is 0 Å². The lowest BCUT2D eigenvalue weighted by Gasteiger charge is -2.15. The molecule has 0 bridgehead atoms. The van der Waals surface area contributed by atoms with E-state index in [2.05, 4.69) is 30.1 Å². The maximum absolute atomic E-state index is 13.6. The number of aromatic amines is 2. The molecule has 11 heteroatoms. The van der Waals surface area contributed by atoms with Gasteiger partial charge in [-0.2, -0.15) is 5.10 Å². The first-order chi connectivity index (χ1) is 18.0. The Balaban J connectivity index is 1.24. The predicted octanol–water partition coefficient (Wildman–Crippen LogP) is 5.06. The second-order valence-electron chi connectivity index (χ2n) is 9.22. The molecule has 0 aliphatic carbocycles. The number of hydrogen-bond acceptors (Lipinski definition) is 7.